The molecule has 1 aliphatic rings. The van der Waals surface area contributed by atoms with Gasteiger partial charge in [0.05, 0.1) is 4.90 Å². The number of rotatable bonds is 5. The molecule has 1 aromatic carbocycles. The van der Waals surface area contributed by atoms with E-state index in [1.54, 1.807) is 12.1 Å². The average Bonchev–Trinajstić information content (AvgIpc) is 2.46. The van der Waals surface area contributed by atoms with E-state index in [-0.39, 0.29) is 4.90 Å². The van der Waals surface area contributed by atoms with Gasteiger partial charge in [0, 0.05) is 11.6 Å². The number of nitrogens with one attached hydrogen (secondary N) is 1. The molecule has 0 atom stereocenters. The van der Waals surface area contributed by atoms with Crippen LogP contribution in [0.4, 0.5) is 0 Å². The lowest BCUT2D eigenvalue weighted by Crippen LogP contribution is -2.32. The molecule has 3 N–H and O–H groups in total. The fraction of sp³-hybridized carbons (Fsp3) is 0.571. The van der Waals surface area contributed by atoms with Crippen LogP contribution in [0, 0.1) is 11.8 Å². The summed E-state index contributed by atoms with van der Waals surface area (Å²) < 4.78 is 27.0. The molecule has 6 heteroatoms. The minimum atomic E-state index is -3.43. The highest BCUT2D eigenvalue weighted by molar-refractivity contribution is 7.89. The molecule has 4 nitrogen and oxygen atoms in total. The van der Waals surface area contributed by atoms with Gasteiger partial charge in [-0.25, -0.2) is 13.1 Å². The first-order valence-electron chi connectivity index (χ1n) is 6.96. The van der Waals surface area contributed by atoms with Crippen LogP contribution < -0.4 is 10.5 Å². The number of sulfonamides is 1. The van der Waals surface area contributed by atoms with Crippen LogP contribution in [-0.4, -0.2) is 21.5 Å². The summed E-state index contributed by atoms with van der Waals surface area (Å²) in [5.74, 6) is 1.03. The molecule has 1 saturated carbocycles. The molecule has 0 amide bonds. The van der Waals surface area contributed by atoms with Gasteiger partial charge in [0.2, 0.25) is 10.0 Å². The Kier molecular flexibility index (Phi) is 5.43. The molecule has 112 valence electrons. The number of nitrogens with two attached hydrogens (primary N) is 1. The molecular weight excluding hydrogens is 296 g/mol. The zero-order valence-corrected chi connectivity index (χ0v) is 13.0. The molecular formula is C14H21ClN2O2S. The van der Waals surface area contributed by atoms with Gasteiger partial charge in [0.1, 0.15) is 0 Å². The van der Waals surface area contributed by atoms with Gasteiger partial charge in [-0.05, 0) is 68.3 Å². The largest absolute Gasteiger partial charge is 0.330 e. The Balaban J connectivity index is 1.88. The Labute approximate surface area is 125 Å². The maximum Gasteiger partial charge on any atom is 0.240 e. The summed E-state index contributed by atoms with van der Waals surface area (Å²) in [6.45, 7) is 1.24. The molecule has 0 aliphatic heterocycles. The fourth-order valence-corrected chi connectivity index (χ4v) is 3.84. The second kappa shape index (κ2) is 6.89. The standard InChI is InChI=1S/C14H21ClN2O2S/c15-13-5-7-14(8-6-13)20(18,19)17-10-12-3-1-11(9-16)2-4-12/h5-8,11-12,17H,1-4,9-10,16H2. The third kappa shape index (κ3) is 4.19. The third-order valence-electron chi connectivity index (χ3n) is 3.99. The van der Waals surface area contributed by atoms with Crippen LogP contribution in [0.5, 0.6) is 0 Å². The Hall–Kier alpha value is -0.620. The van der Waals surface area contributed by atoms with Crippen molar-refractivity contribution in [3.8, 4) is 0 Å². The van der Waals surface area contributed by atoms with E-state index in [0.29, 0.717) is 23.4 Å². The molecule has 1 aromatic rings. The Morgan fingerprint density at radius 2 is 1.65 bits per heavy atom. The average molecular weight is 317 g/mol. The van der Waals surface area contributed by atoms with Crippen molar-refractivity contribution in [3.63, 3.8) is 0 Å². The predicted octanol–water partition coefficient (Wildman–Crippen LogP) is 2.38. The Bertz CT molecular complexity index is 523. The highest BCUT2D eigenvalue weighted by atomic mass is 35.5. The summed E-state index contributed by atoms with van der Waals surface area (Å²) in [5, 5.41) is 0.532. The van der Waals surface area contributed by atoms with Crippen LogP contribution in [-0.2, 0) is 10.0 Å². The van der Waals surface area contributed by atoms with Crippen molar-refractivity contribution in [3.05, 3.63) is 29.3 Å². The number of hydrogen-bond donors (Lipinski definition) is 2. The molecule has 1 aliphatic carbocycles. The van der Waals surface area contributed by atoms with Gasteiger partial charge in [-0.1, -0.05) is 11.6 Å². The zero-order chi connectivity index (χ0) is 14.6. The van der Waals surface area contributed by atoms with Gasteiger partial charge in [-0.15, -0.1) is 0 Å². The van der Waals surface area contributed by atoms with Gasteiger partial charge < -0.3 is 5.73 Å². The third-order valence-corrected chi connectivity index (χ3v) is 5.68. The maximum atomic E-state index is 12.1. The summed E-state index contributed by atoms with van der Waals surface area (Å²) >= 11 is 5.76. The summed E-state index contributed by atoms with van der Waals surface area (Å²) in [6.07, 6.45) is 4.30. The minimum Gasteiger partial charge on any atom is -0.330 e. The van der Waals surface area contributed by atoms with E-state index in [9.17, 15) is 8.42 Å². The first-order chi connectivity index (χ1) is 9.51. The van der Waals surface area contributed by atoms with E-state index in [0.717, 1.165) is 32.2 Å². The highest BCUT2D eigenvalue weighted by Crippen LogP contribution is 2.27. The van der Waals surface area contributed by atoms with Crippen LogP contribution in [0.25, 0.3) is 0 Å². The molecule has 0 radical (unpaired) electrons. The van der Waals surface area contributed by atoms with Crippen LogP contribution in [0.2, 0.25) is 5.02 Å². The van der Waals surface area contributed by atoms with E-state index in [1.165, 1.54) is 12.1 Å². The molecule has 0 unspecified atom stereocenters. The van der Waals surface area contributed by atoms with E-state index in [2.05, 4.69) is 4.72 Å². The molecule has 0 heterocycles. The topological polar surface area (TPSA) is 72.2 Å². The maximum absolute atomic E-state index is 12.1. The van der Waals surface area contributed by atoms with Crippen LogP contribution in [0.15, 0.2) is 29.2 Å². The minimum absolute atomic E-state index is 0.262. The molecule has 2 rings (SSSR count). The summed E-state index contributed by atoms with van der Waals surface area (Å²) in [7, 11) is -3.43. The lowest BCUT2D eigenvalue weighted by molar-refractivity contribution is 0.280. The Morgan fingerprint density at radius 3 is 2.20 bits per heavy atom. The highest BCUT2D eigenvalue weighted by Gasteiger charge is 2.22. The van der Waals surface area contributed by atoms with E-state index in [1.807, 2.05) is 0 Å². The van der Waals surface area contributed by atoms with Crippen LogP contribution >= 0.6 is 11.6 Å². The molecule has 0 bridgehead atoms. The summed E-state index contributed by atoms with van der Waals surface area (Å²) in [5.41, 5.74) is 5.66. The molecule has 20 heavy (non-hydrogen) atoms. The first-order valence-corrected chi connectivity index (χ1v) is 8.82. The first kappa shape index (κ1) is 15.8. The van der Waals surface area contributed by atoms with E-state index in [4.69, 9.17) is 17.3 Å². The van der Waals surface area contributed by atoms with Gasteiger partial charge in [-0.3, -0.25) is 0 Å². The van der Waals surface area contributed by atoms with E-state index >= 15 is 0 Å². The lowest BCUT2D eigenvalue weighted by Gasteiger charge is -2.27. The van der Waals surface area contributed by atoms with Gasteiger partial charge >= 0.3 is 0 Å². The summed E-state index contributed by atoms with van der Waals surface area (Å²) in [6, 6.07) is 6.22. The molecule has 0 saturated heterocycles. The predicted molar refractivity (Wildman–Crippen MR) is 81.1 cm³/mol. The van der Waals surface area contributed by atoms with Gasteiger partial charge in [-0.2, -0.15) is 0 Å². The van der Waals surface area contributed by atoms with Crippen molar-refractivity contribution in [2.24, 2.45) is 17.6 Å². The van der Waals surface area contributed by atoms with Gasteiger partial charge in [0.25, 0.3) is 0 Å². The van der Waals surface area contributed by atoms with Crippen LogP contribution in [0.3, 0.4) is 0 Å². The number of hydrogen-bond acceptors (Lipinski definition) is 3. The second-order valence-electron chi connectivity index (χ2n) is 5.43. The van der Waals surface area contributed by atoms with Crippen LogP contribution in [0.1, 0.15) is 25.7 Å². The normalized spacial score (nSPS) is 23.7. The van der Waals surface area contributed by atoms with Crippen molar-refractivity contribution < 1.29 is 8.42 Å². The lowest BCUT2D eigenvalue weighted by atomic mass is 9.82. The van der Waals surface area contributed by atoms with Crippen molar-refractivity contribution in [2.75, 3.05) is 13.1 Å². The smallest absolute Gasteiger partial charge is 0.240 e. The Morgan fingerprint density at radius 1 is 1.10 bits per heavy atom. The molecule has 0 spiro atoms. The summed E-state index contributed by atoms with van der Waals surface area (Å²) in [4.78, 5) is 0.262. The monoisotopic (exact) mass is 316 g/mol. The van der Waals surface area contributed by atoms with Crippen molar-refractivity contribution in [2.45, 2.75) is 30.6 Å². The van der Waals surface area contributed by atoms with Crippen molar-refractivity contribution >= 4 is 21.6 Å². The number of benzene rings is 1. The number of halogens is 1. The zero-order valence-electron chi connectivity index (χ0n) is 11.4. The molecule has 0 aromatic heterocycles. The van der Waals surface area contributed by atoms with Gasteiger partial charge in [0.15, 0.2) is 0 Å². The van der Waals surface area contributed by atoms with Crippen molar-refractivity contribution in [1.82, 2.24) is 4.72 Å². The fourth-order valence-electron chi connectivity index (χ4n) is 2.60. The SMILES string of the molecule is NCC1CCC(CNS(=O)(=O)c2ccc(Cl)cc2)CC1. The van der Waals surface area contributed by atoms with E-state index < -0.39 is 10.0 Å². The second-order valence-corrected chi connectivity index (χ2v) is 7.63. The van der Waals surface area contributed by atoms with Crippen molar-refractivity contribution in [1.29, 1.82) is 0 Å². The quantitative estimate of drug-likeness (QED) is 0.876. The molecule has 1 fully saturated rings.